The molecule has 104 valence electrons. The quantitative estimate of drug-likeness (QED) is 0.913. The molecule has 0 radical (unpaired) electrons. The van der Waals surface area contributed by atoms with E-state index in [4.69, 9.17) is 0 Å². The van der Waals surface area contributed by atoms with Crippen LogP contribution in [0.25, 0.3) is 11.0 Å². The number of likely N-dealkylation sites (tertiary alicyclic amines) is 1. The summed E-state index contributed by atoms with van der Waals surface area (Å²) in [6.45, 7) is 3.93. The van der Waals surface area contributed by atoms with Gasteiger partial charge in [-0.05, 0) is 44.1 Å². The van der Waals surface area contributed by atoms with Crippen LogP contribution in [0.1, 0.15) is 23.2 Å². The number of carbonyl (C=O) groups excluding carboxylic acids is 1. The van der Waals surface area contributed by atoms with Gasteiger partial charge in [-0.1, -0.05) is 0 Å². The molecular formula is C15H18N4O. The van der Waals surface area contributed by atoms with E-state index in [1.54, 1.807) is 24.5 Å². The van der Waals surface area contributed by atoms with Crippen LogP contribution in [-0.2, 0) is 0 Å². The summed E-state index contributed by atoms with van der Waals surface area (Å²) < 4.78 is 0. The maximum Gasteiger partial charge on any atom is 0.251 e. The van der Waals surface area contributed by atoms with Crippen molar-refractivity contribution in [3.63, 3.8) is 0 Å². The van der Waals surface area contributed by atoms with Crippen molar-refractivity contribution in [2.24, 2.45) is 0 Å². The van der Waals surface area contributed by atoms with Crippen LogP contribution in [0.15, 0.2) is 30.6 Å². The number of amides is 1. The minimum atomic E-state index is -0.0447. The van der Waals surface area contributed by atoms with Crippen LogP contribution in [0.4, 0.5) is 0 Å². The second-order valence-corrected chi connectivity index (χ2v) is 5.06. The van der Waals surface area contributed by atoms with E-state index >= 15 is 0 Å². The number of nitrogens with one attached hydrogen (secondary N) is 1. The standard InChI is InChI=1S/C15H18N4O/c20-15(18-7-10-19-8-1-2-9-19)12-3-4-13-14(11-12)17-6-5-16-13/h3-6,11H,1-2,7-10H2,(H,18,20). The zero-order chi connectivity index (χ0) is 13.8. The second kappa shape index (κ2) is 5.96. The number of aromatic nitrogens is 2. The third-order valence-corrected chi connectivity index (χ3v) is 3.64. The van der Waals surface area contributed by atoms with Crippen LogP contribution in [0.2, 0.25) is 0 Å². The molecule has 0 saturated carbocycles. The van der Waals surface area contributed by atoms with Crippen LogP contribution in [0.3, 0.4) is 0 Å². The highest BCUT2D eigenvalue weighted by Gasteiger charge is 2.12. The smallest absolute Gasteiger partial charge is 0.251 e. The summed E-state index contributed by atoms with van der Waals surface area (Å²) in [5.74, 6) is -0.0447. The third-order valence-electron chi connectivity index (χ3n) is 3.64. The molecule has 0 bridgehead atoms. The summed E-state index contributed by atoms with van der Waals surface area (Å²) in [5, 5.41) is 2.96. The summed E-state index contributed by atoms with van der Waals surface area (Å²) in [5.41, 5.74) is 2.19. The van der Waals surface area contributed by atoms with Crippen molar-refractivity contribution < 1.29 is 4.79 Å². The number of hydrogen-bond donors (Lipinski definition) is 1. The van der Waals surface area contributed by atoms with Gasteiger partial charge in [-0.25, -0.2) is 0 Å². The number of nitrogens with zero attached hydrogens (tertiary/aromatic N) is 3. The fraction of sp³-hybridized carbons (Fsp3) is 0.400. The van der Waals surface area contributed by atoms with Gasteiger partial charge < -0.3 is 10.2 Å². The van der Waals surface area contributed by atoms with E-state index in [0.29, 0.717) is 12.1 Å². The Morgan fingerprint density at radius 3 is 2.70 bits per heavy atom. The van der Waals surface area contributed by atoms with Gasteiger partial charge in [0.25, 0.3) is 5.91 Å². The zero-order valence-corrected chi connectivity index (χ0v) is 11.4. The number of rotatable bonds is 4. The molecule has 1 aliphatic rings. The van der Waals surface area contributed by atoms with E-state index in [9.17, 15) is 4.79 Å². The molecule has 1 amide bonds. The molecule has 5 nitrogen and oxygen atoms in total. The van der Waals surface area contributed by atoms with Gasteiger partial charge in [0.15, 0.2) is 0 Å². The summed E-state index contributed by atoms with van der Waals surface area (Å²) in [6.07, 6.45) is 5.84. The SMILES string of the molecule is O=C(NCCN1CCCC1)c1ccc2nccnc2c1. The van der Waals surface area contributed by atoms with Gasteiger partial charge in [0.2, 0.25) is 0 Å². The van der Waals surface area contributed by atoms with Crippen molar-refractivity contribution in [3.8, 4) is 0 Å². The van der Waals surface area contributed by atoms with Crippen molar-refractivity contribution in [3.05, 3.63) is 36.2 Å². The molecule has 2 aromatic rings. The summed E-state index contributed by atoms with van der Waals surface area (Å²) in [6, 6.07) is 5.41. The summed E-state index contributed by atoms with van der Waals surface area (Å²) >= 11 is 0. The van der Waals surface area contributed by atoms with Crippen molar-refractivity contribution in [2.75, 3.05) is 26.2 Å². The predicted molar refractivity (Wildman–Crippen MR) is 77.5 cm³/mol. The minimum absolute atomic E-state index is 0.0447. The van der Waals surface area contributed by atoms with E-state index in [0.717, 1.165) is 30.7 Å². The maximum absolute atomic E-state index is 12.1. The Hall–Kier alpha value is -2.01. The van der Waals surface area contributed by atoms with Gasteiger partial charge >= 0.3 is 0 Å². The van der Waals surface area contributed by atoms with Crippen molar-refractivity contribution in [1.29, 1.82) is 0 Å². The van der Waals surface area contributed by atoms with E-state index in [1.165, 1.54) is 12.8 Å². The normalized spacial score (nSPS) is 15.6. The Bertz CT molecular complexity index is 608. The maximum atomic E-state index is 12.1. The molecule has 0 aliphatic carbocycles. The average Bonchev–Trinajstić information content (AvgIpc) is 3.00. The fourth-order valence-corrected chi connectivity index (χ4v) is 2.54. The van der Waals surface area contributed by atoms with E-state index in [-0.39, 0.29) is 5.91 Å². The monoisotopic (exact) mass is 270 g/mol. The predicted octanol–water partition coefficient (Wildman–Crippen LogP) is 1.46. The third kappa shape index (κ3) is 2.93. The number of hydrogen-bond acceptors (Lipinski definition) is 4. The number of carbonyl (C=O) groups is 1. The molecule has 0 atom stereocenters. The summed E-state index contributed by atoms with van der Waals surface area (Å²) in [7, 11) is 0. The molecule has 1 saturated heterocycles. The van der Waals surface area contributed by atoms with Crippen LogP contribution in [0, 0.1) is 0 Å². The van der Waals surface area contributed by atoms with Gasteiger partial charge in [0, 0.05) is 31.0 Å². The lowest BCUT2D eigenvalue weighted by molar-refractivity contribution is 0.0950. The highest BCUT2D eigenvalue weighted by molar-refractivity contribution is 5.97. The van der Waals surface area contributed by atoms with Gasteiger partial charge in [-0.15, -0.1) is 0 Å². The lowest BCUT2D eigenvalue weighted by atomic mass is 10.2. The van der Waals surface area contributed by atoms with Crippen molar-refractivity contribution in [1.82, 2.24) is 20.2 Å². The molecular weight excluding hydrogens is 252 g/mol. The van der Waals surface area contributed by atoms with E-state index in [1.807, 2.05) is 6.07 Å². The molecule has 1 aromatic heterocycles. The van der Waals surface area contributed by atoms with Crippen molar-refractivity contribution >= 4 is 16.9 Å². The first-order chi connectivity index (χ1) is 9.83. The molecule has 0 unspecified atom stereocenters. The molecule has 1 aromatic carbocycles. The Morgan fingerprint density at radius 1 is 1.15 bits per heavy atom. The number of benzene rings is 1. The van der Waals surface area contributed by atoms with Crippen LogP contribution < -0.4 is 5.32 Å². The molecule has 20 heavy (non-hydrogen) atoms. The van der Waals surface area contributed by atoms with Gasteiger partial charge in [0.05, 0.1) is 11.0 Å². The van der Waals surface area contributed by atoms with E-state index in [2.05, 4.69) is 20.2 Å². The molecule has 1 aliphatic heterocycles. The Morgan fingerprint density at radius 2 is 1.90 bits per heavy atom. The first-order valence-corrected chi connectivity index (χ1v) is 7.04. The molecule has 1 N–H and O–H groups in total. The molecule has 2 heterocycles. The molecule has 0 spiro atoms. The average molecular weight is 270 g/mol. The van der Waals surface area contributed by atoms with Crippen LogP contribution in [0.5, 0.6) is 0 Å². The fourth-order valence-electron chi connectivity index (χ4n) is 2.54. The highest BCUT2D eigenvalue weighted by atomic mass is 16.1. The van der Waals surface area contributed by atoms with Crippen LogP contribution >= 0.6 is 0 Å². The summed E-state index contributed by atoms with van der Waals surface area (Å²) in [4.78, 5) is 22.9. The number of fused-ring (bicyclic) bond motifs is 1. The van der Waals surface area contributed by atoms with Crippen molar-refractivity contribution in [2.45, 2.75) is 12.8 Å². The first-order valence-electron chi connectivity index (χ1n) is 7.04. The van der Waals surface area contributed by atoms with Crippen LogP contribution in [-0.4, -0.2) is 47.0 Å². The Balaban J connectivity index is 1.60. The lowest BCUT2D eigenvalue weighted by Crippen LogP contribution is -2.33. The second-order valence-electron chi connectivity index (χ2n) is 5.06. The first kappa shape index (κ1) is 13.0. The van der Waals surface area contributed by atoms with E-state index < -0.39 is 0 Å². The van der Waals surface area contributed by atoms with Gasteiger partial charge in [0.1, 0.15) is 0 Å². The van der Waals surface area contributed by atoms with Gasteiger partial charge in [-0.3, -0.25) is 14.8 Å². The molecule has 1 fully saturated rings. The zero-order valence-electron chi connectivity index (χ0n) is 11.4. The largest absolute Gasteiger partial charge is 0.351 e. The lowest BCUT2D eigenvalue weighted by Gasteiger charge is -2.14. The Kier molecular flexibility index (Phi) is 3.87. The molecule has 5 heteroatoms. The molecule has 3 rings (SSSR count). The van der Waals surface area contributed by atoms with Gasteiger partial charge in [-0.2, -0.15) is 0 Å². The highest BCUT2D eigenvalue weighted by Crippen LogP contribution is 2.11. The topological polar surface area (TPSA) is 58.1 Å². The minimum Gasteiger partial charge on any atom is -0.351 e. The Labute approximate surface area is 118 Å².